The Bertz CT molecular complexity index is 698. The lowest BCUT2D eigenvalue weighted by atomic mass is 9.97. The minimum absolute atomic E-state index is 0.182. The van der Waals surface area contributed by atoms with Gasteiger partial charge in [0.1, 0.15) is 16.6 Å². The predicted octanol–water partition coefficient (Wildman–Crippen LogP) is 1.17. The second kappa shape index (κ2) is 4.52. The van der Waals surface area contributed by atoms with Crippen molar-refractivity contribution in [3.63, 3.8) is 0 Å². The molecule has 2 N–H and O–H groups in total. The molecule has 1 atom stereocenters. The highest BCUT2D eigenvalue weighted by atomic mass is 32.1. The van der Waals surface area contributed by atoms with Crippen molar-refractivity contribution in [1.29, 1.82) is 0 Å². The SMILES string of the molecule is C[C@]1(C(N)=O)CCCN1C(=O)c1ccc2nsnc2c1. The molecule has 1 aromatic heterocycles. The fourth-order valence-electron chi connectivity index (χ4n) is 2.62. The van der Waals surface area contributed by atoms with E-state index in [-0.39, 0.29) is 5.91 Å². The highest BCUT2D eigenvalue weighted by molar-refractivity contribution is 7.00. The number of benzene rings is 1. The fraction of sp³-hybridized carbons (Fsp3) is 0.385. The molecule has 1 saturated heterocycles. The van der Waals surface area contributed by atoms with Gasteiger partial charge in [0.25, 0.3) is 5.91 Å². The van der Waals surface area contributed by atoms with Crippen LogP contribution in [0.2, 0.25) is 0 Å². The molecule has 3 rings (SSSR count). The minimum Gasteiger partial charge on any atom is -0.368 e. The molecular weight excluding hydrogens is 276 g/mol. The molecule has 1 fully saturated rings. The van der Waals surface area contributed by atoms with Gasteiger partial charge in [0.15, 0.2) is 0 Å². The smallest absolute Gasteiger partial charge is 0.254 e. The summed E-state index contributed by atoms with van der Waals surface area (Å²) in [5.41, 5.74) is 6.54. The summed E-state index contributed by atoms with van der Waals surface area (Å²) < 4.78 is 8.23. The molecule has 0 saturated carbocycles. The van der Waals surface area contributed by atoms with Crippen LogP contribution in [0, 0.1) is 0 Å². The van der Waals surface area contributed by atoms with Crippen LogP contribution in [0.3, 0.4) is 0 Å². The van der Waals surface area contributed by atoms with E-state index in [0.717, 1.165) is 23.7 Å². The number of hydrogen-bond acceptors (Lipinski definition) is 5. The number of carbonyl (C=O) groups is 2. The molecule has 104 valence electrons. The molecule has 0 bridgehead atoms. The van der Waals surface area contributed by atoms with E-state index in [1.165, 1.54) is 0 Å². The zero-order valence-electron chi connectivity index (χ0n) is 11.0. The molecule has 1 aliphatic rings. The summed E-state index contributed by atoms with van der Waals surface area (Å²) in [6.45, 7) is 2.27. The first-order valence-corrected chi connectivity index (χ1v) is 7.09. The van der Waals surface area contributed by atoms with Crippen LogP contribution in [0.4, 0.5) is 0 Å². The van der Waals surface area contributed by atoms with Crippen molar-refractivity contribution < 1.29 is 9.59 Å². The molecule has 1 aromatic carbocycles. The van der Waals surface area contributed by atoms with Crippen molar-refractivity contribution in [2.24, 2.45) is 5.73 Å². The molecule has 6 nitrogen and oxygen atoms in total. The number of primary amides is 1. The number of nitrogens with two attached hydrogens (primary N) is 1. The van der Waals surface area contributed by atoms with Crippen molar-refractivity contribution in [3.8, 4) is 0 Å². The van der Waals surface area contributed by atoms with Crippen molar-refractivity contribution in [1.82, 2.24) is 13.6 Å². The van der Waals surface area contributed by atoms with E-state index in [1.54, 1.807) is 30.0 Å². The predicted molar refractivity (Wildman–Crippen MR) is 75.3 cm³/mol. The second-order valence-electron chi connectivity index (χ2n) is 5.17. The molecular formula is C13H14N4O2S. The van der Waals surface area contributed by atoms with Gasteiger partial charge in [0.2, 0.25) is 5.91 Å². The van der Waals surface area contributed by atoms with Gasteiger partial charge < -0.3 is 10.6 Å². The first-order chi connectivity index (χ1) is 9.52. The maximum absolute atomic E-state index is 12.6. The van der Waals surface area contributed by atoms with Gasteiger partial charge in [-0.1, -0.05) is 0 Å². The van der Waals surface area contributed by atoms with Crippen molar-refractivity contribution in [2.75, 3.05) is 6.54 Å². The van der Waals surface area contributed by atoms with E-state index in [1.807, 2.05) is 0 Å². The second-order valence-corrected chi connectivity index (χ2v) is 5.69. The van der Waals surface area contributed by atoms with Crippen molar-refractivity contribution in [3.05, 3.63) is 23.8 Å². The van der Waals surface area contributed by atoms with Gasteiger partial charge in [-0.05, 0) is 38.0 Å². The number of nitrogens with zero attached hydrogens (tertiary/aromatic N) is 3. The lowest BCUT2D eigenvalue weighted by molar-refractivity contribution is -0.126. The van der Waals surface area contributed by atoms with Crippen LogP contribution in [0.25, 0.3) is 11.0 Å². The Balaban J connectivity index is 1.97. The third kappa shape index (κ3) is 1.85. The number of hydrogen-bond donors (Lipinski definition) is 1. The topological polar surface area (TPSA) is 89.2 Å². The Morgan fingerprint density at radius 1 is 1.35 bits per heavy atom. The van der Waals surface area contributed by atoms with Crippen LogP contribution in [0.5, 0.6) is 0 Å². The molecule has 2 aromatic rings. The zero-order chi connectivity index (χ0) is 14.3. The first kappa shape index (κ1) is 13.0. The van der Waals surface area contributed by atoms with E-state index >= 15 is 0 Å². The maximum Gasteiger partial charge on any atom is 0.254 e. The molecule has 20 heavy (non-hydrogen) atoms. The highest BCUT2D eigenvalue weighted by Crippen LogP contribution is 2.30. The van der Waals surface area contributed by atoms with Crippen LogP contribution >= 0.6 is 11.7 Å². The van der Waals surface area contributed by atoms with Crippen molar-refractivity contribution >= 4 is 34.6 Å². The average Bonchev–Trinajstić information content (AvgIpc) is 3.03. The van der Waals surface area contributed by atoms with Crippen molar-refractivity contribution in [2.45, 2.75) is 25.3 Å². The summed E-state index contributed by atoms with van der Waals surface area (Å²) in [4.78, 5) is 25.8. The standard InChI is InChI=1S/C13H14N4O2S/c1-13(12(14)19)5-2-6-17(13)11(18)8-3-4-9-10(7-8)16-20-15-9/h3-4,7H,2,5-6H2,1H3,(H2,14,19)/t13-/m1/s1. The lowest BCUT2D eigenvalue weighted by Crippen LogP contribution is -2.53. The Kier molecular flexibility index (Phi) is 2.93. The average molecular weight is 290 g/mol. The Morgan fingerprint density at radius 2 is 2.10 bits per heavy atom. The number of aromatic nitrogens is 2. The van der Waals surface area contributed by atoms with E-state index in [9.17, 15) is 9.59 Å². The highest BCUT2D eigenvalue weighted by Gasteiger charge is 2.44. The van der Waals surface area contributed by atoms with E-state index in [4.69, 9.17) is 5.73 Å². The third-order valence-electron chi connectivity index (χ3n) is 3.92. The molecule has 0 spiro atoms. The maximum atomic E-state index is 12.6. The molecule has 1 aliphatic heterocycles. The van der Waals surface area contributed by atoms with Gasteiger partial charge in [-0.15, -0.1) is 0 Å². The minimum atomic E-state index is -0.896. The van der Waals surface area contributed by atoms with Gasteiger partial charge in [0.05, 0.1) is 11.7 Å². The number of carbonyl (C=O) groups excluding carboxylic acids is 2. The Labute approximate surface area is 119 Å². The van der Waals surface area contributed by atoms with E-state index in [0.29, 0.717) is 24.0 Å². The third-order valence-corrected chi connectivity index (χ3v) is 4.47. The van der Waals surface area contributed by atoms with Crippen LogP contribution in [0.15, 0.2) is 18.2 Å². The number of likely N-dealkylation sites (tertiary alicyclic amines) is 1. The molecule has 7 heteroatoms. The van der Waals surface area contributed by atoms with Crippen LogP contribution in [0.1, 0.15) is 30.1 Å². The largest absolute Gasteiger partial charge is 0.368 e. The van der Waals surface area contributed by atoms with Gasteiger partial charge in [0, 0.05) is 12.1 Å². The summed E-state index contributed by atoms with van der Waals surface area (Å²) in [7, 11) is 0. The lowest BCUT2D eigenvalue weighted by Gasteiger charge is -2.32. The molecule has 0 aliphatic carbocycles. The number of rotatable bonds is 2. The van der Waals surface area contributed by atoms with Crippen LogP contribution in [-0.4, -0.2) is 37.5 Å². The fourth-order valence-corrected chi connectivity index (χ4v) is 3.13. The first-order valence-electron chi connectivity index (χ1n) is 6.36. The summed E-state index contributed by atoms with van der Waals surface area (Å²) in [5.74, 6) is -0.640. The molecule has 0 radical (unpaired) electrons. The van der Waals surface area contributed by atoms with E-state index in [2.05, 4.69) is 8.75 Å². The number of fused-ring (bicyclic) bond motifs is 1. The van der Waals surface area contributed by atoms with Gasteiger partial charge in [-0.2, -0.15) is 8.75 Å². The van der Waals surface area contributed by atoms with Gasteiger partial charge >= 0.3 is 0 Å². The molecule has 2 amide bonds. The number of amides is 2. The monoisotopic (exact) mass is 290 g/mol. The Hall–Kier alpha value is -2.02. The zero-order valence-corrected chi connectivity index (χ0v) is 11.8. The quantitative estimate of drug-likeness (QED) is 0.899. The van der Waals surface area contributed by atoms with E-state index < -0.39 is 11.4 Å². The molecule has 0 unspecified atom stereocenters. The van der Waals surface area contributed by atoms with Gasteiger partial charge in [-0.25, -0.2) is 0 Å². The van der Waals surface area contributed by atoms with Gasteiger partial charge in [-0.3, -0.25) is 9.59 Å². The summed E-state index contributed by atoms with van der Waals surface area (Å²) >= 11 is 1.11. The summed E-state index contributed by atoms with van der Waals surface area (Å²) in [6, 6.07) is 5.19. The van der Waals surface area contributed by atoms with Crippen LogP contribution in [-0.2, 0) is 4.79 Å². The molecule has 2 heterocycles. The normalized spacial score (nSPS) is 22.4. The van der Waals surface area contributed by atoms with Crippen LogP contribution < -0.4 is 5.73 Å². The summed E-state index contributed by atoms with van der Waals surface area (Å²) in [6.07, 6.45) is 1.39. The summed E-state index contributed by atoms with van der Waals surface area (Å²) in [5, 5.41) is 0. The Morgan fingerprint density at radius 3 is 2.85 bits per heavy atom.